The van der Waals surface area contributed by atoms with Gasteiger partial charge in [-0.2, -0.15) is 31.4 Å². The minimum atomic E-state index is -5.08. The van der Waals surface area contributed by atoms with Crippen molar-refractivity contribution in [3.8, 4) is 5.75 Å². The normalized spacial score (nSPS) is 21.7. The highest BCUT2D eigenvalue weighted by atomic mass is 19.4. The first-order chi connectivity index (χ1) is 20.3. The van der Waals surface area contributed by atoms with E-state index in [1.165, 1.54) is 4.90 Å². The number of carbonyl (C=O) groups excluding carboxylic acids is 1. The van der Waals surface area contributed by atoms with Gasteiger partial charge in [-0.05, 0) is 29.3 Å². The average molecular weight is 640 g/mol. The van der Waals surface area contributed by atoms with Crippen molar-refractivity contribution in [1.82, 2.24) is 20.0 Å². The van der Waals surface area contributed by atoms with Crippen molar-refractivity contribution in [3.63, 3.8) is 0 Å². The predicted octanol–water partition coefficient (Wildman–Crippen LogP) is 4.11. The second-order valence-corrected chi connectivity index (χ2v) is 9.82. The quantitative estimate of drug-likeness (QED) is 0.355. The molecule has 44 heavy (non-hydrogen) atoms. The van der Waals surface area contributed by atoms with Crippen LogP contribution < -0.4 is 4.74 Å². The van der Waals surface area contributed by atoms with Crippen LogP contribution in [0.15, 0.2) is 48.7 Å². The van der Waals surface area contributed by atoms with Crippen molar-refractivity contribution in [2.45, 2.75) is 36.8 Å². The molecule has 0 aliphatic carbocycles. The number of amides is 1. The number of carboxylic acid groups (broad SMARTS) is 2. The zero-order valence-electron chi connectivity index (χ0n) is 22.5. The summed E-state index contributed by atoms with van der Waals surface area (Å²) in [5, 5.41) is 22.1. The average Bonchev–Trinajstić information content (AvgIpc) is 3.53. The van der Waals surface area contributed by atoms with Gasteiger partial charge in [-0.3, -0.25) is 14.8 Å². The summed E-state index contributed by atoms with van der Waals surface area (Å²) in [6.07, 6.45) is -8.44. The monoisotopic (exact) mass is 640 g/mol. The maximum Gasteiger partial charge on any atom is 0.490 e. The summed E-state index contributed by atoms with van der Waals surface area (Å²) in [5.74, 6) is -5.65. The second kappa shape index (κ2) is 12.6. The number of nitrogens with zero attached hydrogens (tertiary/aromatic N) is 3. The van der Waals surface area contributed by atoms with Gasteiger partial charge in [0.2, 0.25) is 5.67 Å². The fourth-order valence-corrected chi connectivity index (χ4v) is 4.62. The van der Waals surface area contributed by atoms with Gasteiger partial charge in [0.15, 0.2) is 5.67 Å². The molecule has 10 nitrogen and oxygen atoms in total. The van der Waals surface area contributed by atoms with Crippen LogP contribution in [0.3, 0.4) is 0 Å². The molecule has 0 bridgehead atoms. The number of ether oxygens (including phenoxy) is 1. The summed E-state index contributed by atoms with van der Waals surface area (Å²) in [6, 6.07) is 12.9. The number of aromatic amines is 1. The van der Waals surface area contributed by atoms with Crippen molar-refractivity contribution < 1.29 is 64.5 Å². The van der Waals surface area contributed by atoms with Gasteiger partial charge in [-0.1, -0.05) is 24.3 Å². The standard InChI is InChI=1S/C22H22F2N4O2.2C2HF3O2/c1-30-18-4-2-3-15(7-18)11-28-13-21(23)12-27(14-22(21,24)20(28)29)10-16-5-6-17-9-25-26-19(17)8-16;2*3-2(4,5)1(6)7/h2-9H,10-14H2,1H3,(H,25,26);2*(H,6,7)/t21-,22+;;/m0../s1. The lowest BCUT2D eigenvalue weighted by atomic mass is 9.93. The predicted molar refractivity (Wildman–Crippen MR) is 135 cm³/mol. The highest BCUT2D eigenvalue weighted by Gasteiger charge is 2.70. The van der Waals surface area contributed by atoms with E-state index in [-0.39, 0.29) is 26.2 Å². The number of carboxylic acids is 2. The third-order valence-electron chi connectivity index (χ3n) is 6.60. The Labute approximate surface area is 242 Å². The van der Waals surface area contributed by atoms with Crippen LogP contribution >= 0.6 is 0 Å². The van der Waals surface area contributed by atoms with Gasteiger partial charge in [0, 0.05) is 31.6 Å². The first-order valence-electron chi connectivity index (χ1n) is 12.3. The van der Waals surface area contributed by atoms with Crippen molar-refractivity contribution >= 4 is 28.7 Å². The number of H-pyrrole nitrogens is 1. The first-order valence-corrected chi connectivity index (χ1v) is 12.3. The van der Waals surface area contributed by atoms with Crippen LogP contribution in [0.5, 0.6) is 5.75 Å². The third-order valence-corrected chi connectivity index (χ3v) is 6.60. The van der Waals surface area contributed by atoms with Gasteiger partial charge >= 0.3 is 24.3 Å². The maximum atomic E-state index is 15.7. The van der Waals surface area contributed by atoms with Crippen LogP contribution in [-0.2, 0) is 27.5 Å². The lowest BCUT2D eigenvalue weighted by Gasteiger charge is -2.22. The number of fused-ring (bicyclic) bond motifs is 2. The number of aliphatic carboxylic acids is 2. The smallest absolute Gasteiger partial charge is 0.490 e. The van der Waals surface area contributed by atoms with E-state index in [0.29, 0.717) is 12.3 Å². The largest absolute Gasteiger partial charge is 0.497 e. The number of methoxy groups -OCH3 is 1. The van der Waals surface area contributed by atoms with Crippen molar-refractivity contribution in [2.75, 3.05) is 26.7 Å². The zero-order chi connectivity index (χ0) is 33.1. The summed E-state index contributed by atoms with van der Waals surface area (Å²) in [5.41, 5.74) is -2.18. The summed E-state index contributed by atoms with van der Waals surface area (Å²) in [7, 11) is 1.55. The highest BCUT2D eigenvalue weighted by Crippen LogP contribution is 2.46. The number of likely N-dealkylation sites (tertiary alicyclic amines) is 2. The van der Waals surface area contributed by atoms with Gasteiger partial charge in [0.1, 0.15) is 5.75 Å². The number of alkyl halides is 8. The van der Waals surface area contributed by atoms with Crippen LogP contribution in [0.2, 0.25) is 0 Å². The Morgan fingerprint density at radius 3 is 2.07 bits per heavy atom. The molecule has 0 unspecified atom stereocenters. The topological polar surface area (TPSA) is 136 Å². The van der Waals surface area contributed by atoms with Crippen LogP contribution in [-0.4, -0.2) is 98.5 Å². The fraction of sp³-hybridized carbons (Fsp3) is 0.385. The summed E-state index contributed by atoms with van der Waals surface area (Å²) in [4.78, 5) is 33.6. The molecule has 3 N–H and O–H groups in total. The molecule has 0 spiro atoms. The molecule has 5 rings (SSSR count). The van der Waals surface area contributed by atoms with E-state index in [0.717, 1.165) is 22.0 Å². The molecular formula is C26H24F8N4O6. The number of hydrogen-bond donors (Lipinski definition) is 3. The molecule has 2 atom stereocenters. The van der Waals surface area contributed by atoms with Crippen LogP contribution in [0, 0.1) is 0 Å². The molecule has 1 aromatic heterocycles. The van der Waals surface area contributed by atoms with Gasteiger partial charge < -0.3 is 19.8 Å². The molecule has 3 aromatic rings. The Morgan fingerprint density at radius 2 is 1.52 bits per heavy atom. The van der Waals surface area contributed by atoms with E-state index in [1.54, 1.807) is 36.4 Å². The van der Waals surface area contributed by atoms with Gasteiger partial charge in [0.25, 0.3) is 5.91 Å². The van der Waals surface area contributed by atoms with Gasteiger partial charge in [-0.25, -0.2) is 18.4 Å². The van der Waals surface area contributed by atoms with Crippen LogP contribution in [0.25, 0.3) is 10.9 Å². The number of hydrogen-bond acceptors (Lipinski definition) is 6. The number of halogens is 8. The van der Waals surface area contributed by atoms with E-state index in [4.69, 9.17) is 24.5 Å². The van der Waals surface area contributed by atoms with E-state index < -0.39 is 41.5 Å². The van der Waals surface area contributed by atoms with E-state index in [2.05, 4.69) is 10.2 Å². The van der Waals surface area contributed by atoms with Crippen molar-refractivity contribution in [2.24, 2.45) is 0 Å². The maximum absolute atomic E-state index is 15.7. The van der Waals surface area contributed by atoms with Gasteiger partial charge in [0.05, 0.1) is 25.4 Å². The summed E-state index contributed by atoms with van der Waals surface area (Å²) >= 11 is 0. The number of rotatable bonds is 5. The fourth-order valence-electron chi connectivity index (χ4n) is 4.62. The molecule has 2 aliphatic rings. The second-order valence-electron chi connectivity index (χ2n) is 9.82. The molecule has 0 radical (unpaired) electrons. The Balaban J connectivity index is 0.000000317. The minimum Gasteiger partial charge on any atom is -0.497 e. The Morgan fingerprint density at radius 1 is 0.932 bits per heavy atom. The van der Waals surface area contributed by atoms with E-state index in [1.807, 2.05) is 24.3 Å². The summed E-state index contributed by atoms with van der Waals surface area (Å²) < 4.78 is 100. The van der Waals surface area contributed by atoms with E-state index in [9.17, 15) is 31.1 Å². The molecule has 2 aliphatic heterocycles. The number of benzene rings is 2. The van der Waals surface area contributed by atoms with E-state index >= 15 is 8.78 Å². The lowest BCUT2D eigenvalue weighted by molar-refractivity contribution is -0.193. The molecule has 0 saturated carbocycles. The van der Waals surface area contributed by atoms with Crippen LogP contribution in [0.4, 0.5) is 35.1 Å². The summed E-state index contributed by atoms with van der Waals surface area (Å²) in [6.45, 7) is -0.0994. The Bertz CT molecular complexity index is 1490. The number of aromatic nitrogens is 2. The molecule has 1 amide bonds. The highest BCUT2D eigenvalue weighted by molar-refractivity contribution is 5.90. The van der Waals surface area contributed by atoms with Gasteiger partial charge in [-0.15, -0.1) is 0 Å². The molecule has 18 heteroatoms. The first kappa shape index (κ1) is 34.0. The molecular weight excluding hydrogens is 616 g/mol. The molecule has 2 saturated heterocycles. The number of carbonyl (C=O) groups is 3. The zero-order valence-corrected chi connectivity index (χ0v) is 22.5. The lowest BCUT2D eigenvalue weighted by Crippen LogP contribution is -2.47. The van der Waals surface area contributed by atoms with Crippen molar-refractivity contribution in [3.05, 3.63) is 59.8 Å². The Hall–Kier alpha value is -4.48. The third kappa shape index (κ3) is 7.72. The molecule has 2 fully saturated rings. The SMILES string of the molecule is COc1cccc(CN2C[C@@]3(F)CN(Cc4ccc5cn[nH]c5c4)C[C@@]3(F)C2=O)c1.O=C(O)C(F)(F)F.O=C(O)C(F)(F)F. The minimum absolute atomic E-state index is 0.120. The molecule has 3 heterocycles. The Kier molecular flexibility index (Phi) is 9.77. The van der Waals surface area contributed by atoms with Crippen molar-refractivity contribution in [1.29, 1.82) is 0 Å². The molecule has 240 valence electrons. The van der Waals surface area contributed by atoms with Crippen LogP contribution in [0.1, 0.15) is 11.1 Å². The number of nitrogens with one attached hydrogen (secondary N) is 1. The molecule has 2 aromatic carbocycles.